The fraction of sp³-hybridized carbons (Fsp3) is 0.333. The van der Waals surface area contributed by atoms with Gasteiger partial charge >= 0.3 is 5.97 Å². The molecule has 0 saturated carbocycles. The first-order valence-corrected chi connectivity index (χ1v) is 5.13. The fourth-order valence-corrected chi connectivity index (χ4v) is 1.35. The number of nitrogens with two attached hydrogens (primary N) is 1. The van der Waals surface area contributed by atoms with Gasteiger partial charge in [-0.25, -0.2) is 0 Å². The van der Waals surface area contributed by atoms with Gasteiger partial charge in [-0.1, -0.05) is 30.3 Å². The summed E-state index contributed by atoms with van der Waals surface area (Å²) in [5.74, 6) is -1.05. The standard InChI is InChI=1S/C12H15NO3/c13-11(12(15)16)7-6-10(14)8-9-4-2-1-3-5-9/h1-5,11H,6-8,13H2,(H,15,16)/t11-/m0/s1. The highest BCUT2D eigenvalue weighted by Crippen LogP contribution is 2.04. The van der Waals surface area contributed by atoms with Crippen molar-refractivity contribution >= 4 is 11.8 Å². The monoisotopic (exact) mass is 221 g/mol. The van der Waals surface area contributed by atoms with Crippen LogP contribution in [0.15, 0.2) is 30.3 Å². The molecule has 16 heavy (non-hydrogen) atoms. The summed E-state index contributed by atoms with van der Waals surface area (Å²) in [6.07, 6.45) is 0.747. The molecule has 0 unspecified atom stereocenters. The third-order valence-corrected chi connectivity index (χ3v) is 2.30. The number of carbonyl (C=O) groups is 2. The molecule has 1 atom stereocenters. The van der Waals surface area contributed by atoms with Gasteiger partial charge in [0.15, 0.2) is 0 Å². The van der Waals surface area contributed by atoms with Crippen LogP contribution in [0.1, 0.15) is 18.4 Å². The second-order valence-corrected chi connectivity index (χ2v) is 3.68. The van der Waals surface area contributed by atoms with Gasteiger partial charge in [0.05, 0.1) is 0 Å². The molecule has 1 aromatic rings. The van der Waals surface area contributed by atoms with Crippen molar-refractivity contribution in [1.29, 1.82) is 0 Å². The number of carboxylic acid groups (broad SMARTS) is 1. The third-order valence-electron chi connectivity index (χ3n) is 2.30. The summed E-state index contributed by atoms with van der Waals surface area (Å²) < 4.78 is 0. The lowest BCUT2D eigenvalue weighted by atomic mass is 10.0. The zero-order valence-corrected chi connectivity index (χ0v) is 8.93. The fourth-order valence-electron chi connectivity index (χ4n) is 1.35. The maximum atomic E-state index is 11.5. The second-order valence-electron chi connectivity index (χ2n) is 3.68. The van der Waals surface area contributed by atoms with E-state index in [4.69, 9.17) is 10.8 Å². The van der Waals surface area contributed by atoms with Crippen molar-refractivity contribution in [3.63, 3.8) is 0 Å². The number of hydrogen-bond donors (Lipinski definition) is 2. The number of carbonyl (C=O) groups excluding carboxylic acids is 1. The first-order chi connectivity index (χ1) is 7.59. The van der Waals surface area contributed by atoms with Gasteiger partial charge in [0.2, 0.25) is 0 Å². The van der Waals surface area contributed by atoms with Gasteiger partial charge in [-0.15, -0.1) is 0 Å². The number of ketones is 1. The Labute approximate surface area is 94.1 Å². The molecule has 0 aliphatic carbocycles. The van der Waals surface area contributed by atoms with Crippen molar-refractivity contribution < 1.29 is 14.7 Å². The Morgan fingerprint density at radius 3 is 2.44 bits per heavy atom. The molecular formula is C12H15NO3. The first kappa shape index (κ1) is 12.4. The molecule has 4 nitrogen and oxygen atoms in total. The lowest BCUT2D eigenvalue weighted by molar-refractivity contribution is -0.138. The average molecular weight is 221 g/mol. The van der Waals surface area contributed by atoms with E-state index < -0.39 is 12.0 Å². The SMILES string of the molecule is N[C@@H](CCC(=O)Cc1ccccc1)C(=O)O. The Morgan fingerprint density at radius 1 is 1.25 bits per heavy atom. The molecule has 0 fully saturated rings. The molecule has 0 aromatic heterocycles. The van der Waals surface area contributed by atoms with E-state index in [0.717, 1.165) is 5.56 Å². The second kappa shape index (κ2) is 6.02. The normalized spacial score (nSPS) is 12.1. The Kier molecular flexibility index (Phi) is 4.66. The van der Waals surface area contributed by atoms with Crippen molar-refractivity contribution in [3.05, 3.63) is 35.9 Å². The zero-order chi connectivity index (χ0) is 12.0. The largest absolute Gasteiger partial charge is 0.480 e. The van der Waals surface area contributed by atoms with Crippen LogP contribution in [0.25, 0.3) is 0 Å². The molecule has 0 aliphatic rings. The van der Waals surface area contributed by atoms with Gasteiger partial charge in [-0.2, -0.15) is 0 Å². The predicted octanol–water partition coefficient (Wildman–Crippen LogP) is 0.990. The maximum Gasteiger partial charge on any atom is 0.320 e. The molecule has 1 aromatic carbocycles. The summed E-state index contributed by atoms with van der Waals surface area (Å²) in [6.45, 7) is 0. The summed E-state index contributed by atoms with van der Waals surface area (Å²) in [4.78, 5) is 21.9. The lowest BCUT2D eigenvalue weighted by Crippen LogP contribution is -2.30. The zero-order valence-electron chi connectivity index (χ0n) is 8.93. The smallest absolute Gasteiger partial charge is 0.320 e. The molecule has 4 heteroatoms. The molecule has 0 bridgehead atoms. The van der Waals surface area contributed by atoms with E-state index in [1.807, 2.05) is 30.3 Å². The highest BCUT2D eigenvalue weighted by molar-refractivity contribution is 5.82. The van der Waals surface area contributed by atoms with Crippen molar-refractivity contribution in [2.24, 2.45) is 5.73 Å². The summed E-state index contributed by atoms with van der Waals surface area (Å²) >= 11 is 0. The summed E-state index contributed by atoms with van der Waals surface area (Å²) in [5, 5.41) is 8.55. The molecule has 3 N–H and O–H groups in total. The van der Waals surface area contributed by atoms with Crippen LogP contribution in [0.2, 0.25) is 0 Å². The van der Waals surface area contributed by atoms with Crippen LogP contribution < -0.4 is 5.73 Å². The number of rotatable bonds is 6. The molecule has 0 spiro atoms. The number of Topliss-reactive ketones (excluding diaryl/α,β-unsaturated/α-hetero) is 1. The number of aliphatic carboxylic acids is 1. The highest BCUT2D eigenvalue weighted by atomic mass is 16.4. The van der Waals surface area contributed by atoms with Gasteiger partial charge in [0.1, 0.15) is 11.8 Å². The molecule has 86 valence electrons. The quantitative estimate of drug-likeness (QED) is 0.750. The van der Waals surface area contributed by atoms with Gasteiger partial charge in [-0.3, -0.25) is 9.59 Å². The van der Waals surface area contributed by atoms with Crippen LogP contribution in [-0.2, 0) is 16.0 Å². The Balaban J connectivity index is 2.35. The highest BCUT2D eigenvalue weighted by Gasteiger charge is 2.13. The molecular weight excluding hydrogens is 206 g/mol. The Hall–Kier alpha value is -1.68. The van der Waals surface area contributed by atoms with Crippen LogP contribution >= 0.6 is 0 Å². The molecule has 0 saturated heterocycles. The van der Waals surface area contributed by atoms with Crippen molar-refractivity contribution in [2.45, 2.75) is 25.3 Å². The van der Waals surface area contributed by atoms with Crippen LogP contribution in [0, 0.1) is 0 Å². The van der Waals surface area contributed by atoms with Gasteiger partial charge in [-0.05, 0) is 12.0 Å². The number of hydrogen-bond acceptors (Lipinski definition) is 3. The topological polar surface area (TPSA) is 80.4 Å². The van der Waals surface area contributed by atoms with E-state index in [-0.39, 0.29) is 18.6 Å². The summed E-state index contributed by atoms with van der Waals surface area (Å²) in [6, 6.07) is 8.41. The number of carboxylic acids is 1. The molecule has 0 amide bonds. The predicted molar refractivity (Wildman–Crippen MR) is 60.0 cm³/mol. The number of benzene rings is 1. The van der Waals surface area contributed by atoms with Crippen LogP contribution in [0.5, 0.6) is 0 Å². The summed E-state index contributed by atoms with van der Waals surface area (Å²) in [7, 11) is 0. The van der Waals surface area contributed by atoms with Crippen LogP contribution in [0.3, 0.4) is 0 Å². The van der Waals surface area contributed by atoms with Crippen molar-refractivity contribution in [1.82, 2.24) is 0 Å². The van der Waals surface area contributed by atoms with Crippen LogP contribution in [-0.4, -0.2) is 22.9 Å². The van der Waals surface area contributed by atoms with Crippen molar-refractivity contribution in [3.8, 4) is 0 Å². The summed E-state index contributed by atoms with van der Waals surface area (Å²) in [5.41, 5.74) is 6.25. The van der Waals surface area contributed by atoms with E-state index in [2.05, 4.69) is 0 Å². The van der Waals surface area contributed by atoms with Gasteiger partial charge < -0.3 is 10.8 Å². The van der Waals surface area contributed by atoms with E-state index >= 15 is 0 Å². The molecule has 0 aliphatic heterocycles. The molecule has 0 heterocycles. The minimum Gasteiger partial charge on any atom is -0.480 e. The average Bonchev–Trinajstić information content (AvgIpc) is 2.27. The van der Waals surface area contributed by atoms with E-state index in [1.54, 1.807) is 0 Å². The lowest BCUT2D eigenvalue weighted by Gasteiger charge is -2.05. The minimum atomic E-state index is -1.06. The molecule has 1 rings (SSSR count). The Morgan fingerprint density at radius 2 is 1.88 bits per heavy atom. The Bertz CT molecular complexity index is 362. The van der Waals surface area contributed by atoms with E-state index in [0.29, 0.717) is 6.42 Å². The minimum absolute atomic E-state index is 0.0166. The van der Waals surface area contributed by atoms with Gasteiger partial charge in [0.25, 0.3) is 0 Å². The maximum absolute atomic E-state index is 11.5. The first-order valence-electron chi connectivity index (χ1n) is 5.13. The molecule has 0 radical (unpaired) electrons. The van der Waals surface area contributed by atoms with Crippen LogP contribution in [0.4, 0.5) is 0 Å². The van der Waals surface area contributed by atoms with Crippen molar-refractivity contribution in [2.75, 3.05) is 0 Å². The van der Waals surface area contributed by atoms with E-state index in [9.17, 15) is 9.59 Å². The van der Waals surface area contributed by atoms with E-state index in [1.165, 1.54) is 0 Å². The van der Waals surface area contributed by atoms with Gasteiger partial charge in [0, 0.05) is 12.8 Å². The third kappa shape index (κ3) is 4.23.